The standard InChI is InChI=1S/C13H18N2O2/c1-10-4-3-5-11(8-10)15-12(16)17-9-13(15,2)6-7-14/h3-5,8H,6-7,9,14H2,1-2H3. The highest BCUT2D eigenvalue weighted by molar-refractivity contribution is 5.91. The fourth-order valence-electron chi connectivity index (χ4n) is 2.25. The normalized spacial score (nSPS) is 23.9. The van der Waals surface area contributed by atoms with Crippen LogP contribution in [0.2, 0.25) is 0 Å². The molecule has 0 saturated carbocycles. The summed E-state index contributed by atoms with van der Waals surface area (Å²) >= 11 is 0. The smallest absolute Gasteiger partial charge is 0.415 e. The minimum Gasteiger partial charge on any atom is -0.447 e. The van der Waals surface area contributed by atoms with Crippen molar-refractivity contribution in [1.82, 2.24) is 0 Å². The molecule has 0 aliphatic carbocycles. The van der Waals surface area contributed by atoms with Gasteiger partial charge in [-0.05, 0) is 44.5 Å². The molecule has 1 fully saturated rings. The summed E-state index contributed by atoms with van der Waals surface area (Å²) in [5.41, 5.74) is 7.28. The topological polar surface area (TPSA) is 55.6 Å². The zero-order valence-corrected chi connectivity index (χ0v) is 10.3. The van der Waals surface area contributed by atoms with Crippen LogP contribution in [-0.4, -0.2) is 24.8 Å². The van der Waals surface area contributed by atoms with E-state index in [2.05, 4.69) is 0 Å². The van der Waals surface area contributed by atoms with Gasteiger partial charge in [0.1, 0.15) is 6.61 Å². The second kappa shape index (κ2) is 4.37. The van der Waals surface area contributed by atoms with Crippen LogP contribution in [0.25, 0.3) is 0 Å². The van der Waals surface area contributed by atoms with E-state index < -0.39 is 0 Å². The predicted octanol–water partition coefficient (Wildman–Crippen LogP) is 2.06. The first-order valence-corrected chi connectivity index (χ1v) is 5.80. The molecular formula is C13H18N2O2. The van der Waals surface area contributed by atoms with Gasteiger partial charge < -0.3 is 10.5 Å². The molecular weight excluding hydrogens is 216 g/mol. The first-order chi connectivity index (χ1) is 8.07. The van der Waals surface area contributed by atoms with Crippen molar-refractivity contribution in [2.45, 2.75) is 25.8 Å². The van der Waals surface area contributed by atoms with E-state index in [4.69, 9.17) is 10.5 Å². The van der Waals surface area contributed by atoms with Crippen LogP contribution >= 0.6 is 0 Å². The van der Waals surface area contributed by atoms with E-state index in [0.29, 0.717) is 13.2 Å². The number of carbonyl (C=O) groups is 1. The van der Waals surface area contributed by atoms with E-state index in [1.54, 1.807) is 4.90 Å². The van der Waals surface area contributed by atoms with Crippen molar-refractivity contribution in [2.24, 2.45) is 5.73 Å². The quantitative estimate of drug-likeness (QED) is 0.871. The molecule has 1 aliphatic rings. The van der Waals surface area contributed by atoms with Crippen molar-refractivity contribution in [1.29, 1.82) is 0 Å². The molecule has 1 atom stereocenters. The molecule has 1 amide bonds. The summed E-state index contributed by atoms with van der Waals surface area (Å²) in [7, 11) is 0. The average molecular weight is 234 g/mol. The van der Waals surface area contributed by atoms with Crippen molar-refractivity contribution in [2.75, 3.05) is 18.1 Å². The summed E-state index contributed by atoms with van der Waals surface area (Å²) in [6, 6.07) is 7.86. The number of rotatable bonds is 3. The number of benzene rings is 1. The Bertz CT molecular complexity index is 433. The van der Waals surface area contributed by atoms with Crippen molar-refractivity contribution < 1.29 is 9.53 Å². The minimum absolute atomic E-state index is 0.286. The van der Waals surface area contributed by atoms with Gasteiger partial charge in [0.05, 0.1) is 5.54 Å². The van der Waals surface area contributed by atoms with E-state index >= 15 is 0 Å². The lowest BCUT2D eigenvalue weighted by Crippen LogP contribution is -2.46. The van der Waals surface area contributed by atoms with Crippen molar-refractivity contribution in [3.63, 3.8) is 0 Å². The Hall–Kier alpha value is -1.55. The number of nitrogens with two attached hydrogens (primary N) is 1. The Kier molecular flexibility index (Phi) is 3.07. The summed E-state index contributed by atoms with van der Waals surface area (Å²) in [6.07, 6.45) is 0.443. The zero-order chi connectivity index (χ0) is 12.5. The second-order valence-electron chi connectivity index (χ2n) is 4.76. The van der Waals surface area contributed by atoms with Crippen molar-refractivity contribution >= 4 is 11.8 Å². The molecule has 1 aromatic carbocycles. The third-order valence-corrected chi connectivity index (χ3v) is 3.17. The SMILES string of the molecule is Cc1cccc(N2C(=O)OCC2(C)CCN)c1. The largest absolute Gasteiger partial charge is 0.447 e. The van der Waals surface area contributed by atoms with Gasteiger partial charge in [-0.3, -0.25) is 4.90 Å². The lowest BCUT2D eigenvalue weighted by atomic mass is 9.97. The van der Waals surface area contributed by atoms with Gasteiger partial charge in [0.15, 0.2) is 0 Å². The monoisotopic (exact) mass is 234 g/mol. The molecule has 4 heteroatoms. The maximum atomic E-state index is 11.8. The van der Waals surface area contributed by atoms with Crippen LogP contribution in [0.5, 0.6) is 0 Å². The Morgan fingerprint density at radius 2 is 2.29 bits per heavy atom. The number of nitrogens with zero attached hydrogens (tertiary/aromatic N) is 1. The van der Waals surface area contributed by atoms with Gasteiger partial charge in [0, 0.05) is 5.69 Å². The number of carbonyl (C=O) groups excluding carboxylic acids is 1. The average Bonchev–Trinajstić information content (AvgIpc) is 2.55. The summed E-state index contributed by atoms with van der Waals surface area (Å²) in [6.45, 7) is 4.95. The molecule has 1 saturated heterocycles. The molecule has 0 radical (unpaired) electrons. The van der Waals surface area contributed by atoms with Crippen LogP contribution in [0.4, 0.5) is 10.5 Å². The third-order valence-electron chi connectivity index (χ3n) is 3.17. The first kappa shape index (κ1) is 11.9. The van der Waals surface area contributed by atoms with Gasteiger partial charge in [0.25, 0.3) is 0 Å². The van der Waals surface area contributed by atoms with Crippen LogP contribution < -0.4 is 10.6 Å². The van der Waals surface area contributed by atoms with Gasteiger partial charge in [-0.2, -0.15) is 0 Å². The predicted molar refractivity (Wildman–Crippen MR) is 67.1 cm³/mol. The van der Waals surface area contributed by atoms with Crippen molar-refractivity contribution in [3.05, 3.63) is 29.8 Å². The number of cyclic esters (lactones) is 1. The van der Waals surface area contributed by atoms with E-state index in [-0.39, 0.29) is 11.6 Å². The lowest BCUT2D eigenvalue weighted by Gasteiger charge is -2.31. The summed E-state index contributed by atoms with van der Waals surface area (Å²) in [5, 5.41) is 0. The molecule has 1 heterocycles. The summed E-state index contributed by atoms with van der Waals surface area (Å²) < 4.78 is 5.16. The maximum Gasteiger partial charge on any atom is 0.415 e. The first-order valence-electron chi connectivity index (χ1n) is 5.80. The van der Waals surface area contributed by atoms with Crippen molar-refractivity contribution in [3.8, 4) is 0 Å². The highest BCUT2D eigenvalue weighted by Crippen LogP contribution is 2.33. The highest BCUT2D eigenvalue weighted by atomic mass is 16.6. The Labute approximate surface area is 101 Å². The van der Waals surface area contributed by atoms with E-state index in [1.807, 2.05) is 38.1 Å². The molecule has 0 bridgehead atoms. The Morgan fingerprint density at radius 1 is 1.53 bits per heavy atom. The number of hydrogen-bond donors (Lipinski definition) is 1. The molecule has 92 valence electrons. The number of amides is 1. The highest BCUT2D eigenvalue weighted by Gasteiger charge is 2.43. The maximum absolute atomic E-state index is 11.8. The third kappa shape index (κ3) is 2.13. The molecule has 0 aromatic heterocycles. The van der Waals surface area contributed by atoms with Gasteiger partial charge >= 0.3 is 6.09 Å². The Balaban J connectivity index is 2.37. The van der Waals surface area contributed by atoms with Gasteiger partial charge in [-0.15, -0.1) is 0 Å². The minimum atomic E-state index is -0.334. The van der Waals surface area contributed by atoms with Crippen LogP contribution in [-0.2, 0) is 4.74 Å². The number of anilines is 1. The molecule has 1 aliphatic heterocycles. The Morgan fingerprint density at radius 3 is 2.94 bits per heavy atom. The number of aryl methyl sites for hydroxylation is 1. The second-order valence-corrected chi connectivity index (χ2v) is 4.76. The molecule has 17 heavy (non-hydrogen) atoms. The van der Waals surface area contributed by atoms with Gasteiger partial charge in [-0.25, -0.2) is 4.79 Å². The lowest BCUT2D eigenvalue weighted by molar-refractivity contribution is 0.173. The van der Waals surface area contributed by atoms with E-state index in [0.717, 1.165) is 17.7 Å². The molecule has 1 unspecified atom stereocenters. The fraction of sp³-hybridized carbons (Fsp3) is 0.462. The van der Waals surface area contributed by atoms with Crippen LogP contribution in [0, 0.1) is 6.92 Å². The molecule has 0 spiro atoms. The number of hydrogen-bond acceptors (Lipinski definition) is 3. The fourth-order valence-corrected chi connectivity index (χ4v) is 2.25. The van der Waals surface area contributed by atoms with E-state index in [1.165, 1.54) is 0 Å². The van der Waals surface area contributed by atoms with Crippen LogP contribution in [0.15, 0.2) is 24.3 Å². The van der Waals surface area contributed by atoms with E-state index in [9.17, 15) is 4.79 Å². The molecule has 4 nitrogen and oxygen atoms in total. The van der Waals surface area contributed by atoms with Crippen LogP contribution in [0.3, 0.4) is 0 Å². The molecule has 2 rings (SSSR count). The van der Waals surface area contributed by atoms with Crippen LogP contribution in [0.1, 0.15) is 18.9 Å². The van der Waals surface area contributed by atoms with Gasteiger partial charge in [0.2, 0.25) is 0 Å². The zero-order valence-electron chi connectivity index (χ0n) is 10.3. The number of ether oxygens (including phenoxy) is 1. The van der Waals surface area contributed by atoms with Gasteiger partial charge in [-0.1, -0.05) is 12.1 Å². The molecule has 2 N–H and O–H groups in total. The summed E-state index contributed by atoms with van der Waals surface area (Å²) in [4.78, 5) is 13.6. The molecule has 1 aromatic rings. The summed E-state index contributed by atoms with van der Waals surface area (Å²) in [5.74, 6) is 0.